The molecule has 1 amide bonds. The molecule has 1 atom stereocenters. The first-order chi connectivity index (χ1) is 14.6. The molecule has 3 aromatic carbocycles. The lowest BCUT2D eigenvalue weighted by molar-refractivity contribution is 0.0942. The summed E-state index contributed by atoms with van der Waals surface area (Å²) in [4.78, 5) is 18.0. The van der Waals surface area contributed by atoms with Gasteiger partial charge in [-0.2, -0.15) is 5.26 Å². The van der Waals surface area contributed by atoms with Crippen LogP contribution in [0, 0.1) is 11.3 Å². The first-order valence-corrected chi connectivity index (χ1v) is 9.63. The van der Waals surface area contributed by atoms with Gasteiger partial charge in [0.25, 0.3) is 5.91 Å². The highest BCUT2D eigenvalue weighted by atomic mass is 16.1. The number of para-hydroxylation sites is 1. The Kier molecular flexibility index (Phi) is 5.15. The molecule has 0 aliphatic carbocycles. The van der Waals surface area contributed by atoms with E-state index in [2.05, 4.69) is 11.4 Å². The van der Waals surface area contributed by atoms with E-state index >= 15 is 0 Å². The van der Waals surface area contributed by atoms with Gasteiger partial charge in [0.15, 0.2) is 0 Å². The molecule has 1 heterocycles. The molecule has 4 rings (SSSR count). The molecular weight excluding hydrogens is 372 g/mol. The summed E-state index contributed by atoms with van der Waals surface area (Å²) < 4.78 is 0. The predicted octanol–water partition coefficient (Wildman–Crippen LogP) is 4.85. The number of rotatable bonds is 4. The van der Waals surface area contributed by atoms with Gasteiger partial charge in [-0.15, -0.1) is 0 Å². The second-order valence-corrected chi connectivity index (χ2v) is 7.03. The van der Waals surface area contributed by atoms with Crippen molar-refractivity contribution in [1.29, 1.82) is 5.26 Å². The number of hydrogen-bond donors (Lipinski definition) is 2. The number of amides is 1. The van der Waals surface area contributed by atoms with Gasteiger partial charge in [0.2, 0.25) is 0 Å². The van der Waals surface area contributed by atoms with Crippen LogP contribution in [0.4, 0.5) is 5.69 Å². The fourth-order valence-electron chi connectivity index (χ4n) is 3.61. The Morgan fingerprint density at radius 3 is 2.43 bits per heavy atom. The van der Waals surface area contributed by atoms with Crippen LogP contribution < -0.4 is 11.1 Å². The lowest BCUT2D eigenvalue weighted by atomic mass is 9.99. The number of benzene rings is 3. The van der Waals surface area contributed by atoms with Gasteiger partial charge in [-0.05, 0) is 24.6 Å². The third kappa shape index (κ3) is 3.47. The second kappa shape index (κ2) is 8.06. The largest absolute Gasteiger partial charge is 0.396 e. The molecule has 0 aliphatic heterocycles. The monoisotopic (exact) mass is 392 g/mol. The Labute approximate surface area is 174 Å². The molecule has 0 radical (unpaired) electrons. The summed E-state index contributed by atoms with van der Waals surface area (Å²) in [5.41, 5.74) is 10.6. The molecule has 0 aliphatic rings. The summed E-state index contributed by atoms with van der Waals surface area (Å²) in [5.74, 6) is -0.302. The van der Waals surface area contributed by atoms with Crippen molar-refractivity contribution < 1.29 is 4.79 Å². The Morgan fingerprint density at radius 2 is 1.67 bits per heavy atom. The van der Waals surface area contributed by atoms with Crippen LogP contribution in [0.3, 0.4) is 0 Å². The van der Waals surface area contributed by atoms with Crippen molar-refractivity contribution in [2.75, 3.05) is 5.73 Å². The molecule has 5 nitrogen and oxygen atoms in total. The molecule has 0 spiro atoms. The normalized spacial score (nSPS) is 11.6. The van der Waals surface area contributed by atoms with Gasteiger partial charge in [-0.1, -0.05) is 66.7 Å². The van der Waals surface area contributed by atoms with Crippen molar-refractivity contribution in [1.82, 2.24) is 10.3 Å². The summed E-state index contributed by atoms with van der Waals surface area (Å²) in [6.07, 6.45) is 0. The SMILES string of the molecule is C[C@H](NC(=O)c1c(N)c(-c2ccccc2)nc2ccccc12)c1ccccc1C#N. The van der Waals surface area contributed by atoms with Gasteiger partial charge >= 0.3 is 0 Å². The number of carbonyl (C=O) groups excluding carboxylic acids is 1. The van der Waals surface area contributed by atoms with Crippen LogP contribution in [-0.2, 0) is 0 Å². The van der Waals surface area contributed by atoms with Crippen molar-refractivity contribution in [3.05, 3.63) is 95.6 Å². The standard InChI is InChI=1S/C25H20N4O/c1-16(19-12-6-5-11-18(19)15-26)28-25(30)22-20-13-7-8-14-21(20)29-24(23(22)27)17-9-3-2-4-10-17/h2-14,16H,27H2,1H3,(H,28,30)/t16-/m0/s1. The number of nitriles is 1. The summed E-state index contributed by atoms with van der Waals surface area (Å²) in [7, 11) is 0. The van der Waals surface area contributed by atoms with Crippen molar-refractivity contribution in [3.63, 3.8) is 0 Å². The van der Waals surface area contributed by atoms with E-state index in [-0.39, 0.29) is 11.9 Å². The molecule has 0 saturated heterocycles. The Hall–Kier alpha value is -4.17. The van der Waals surface area contributed by atoms with Crippen LogP contribution in [0.2, 0.25) is 0 Å². The maximum Gasteiger partial charge on any atom is 0.254 e. The molecule has 0 unspecified atom stereocenters. The molecule has 0 fully saturated rings. The Morgan fingerprint density at radius 1 is 1.00 bits per heavy atom. The number of aromatic nitrogens is 1. The summed E-state index contributed by atoms with van der Waals surface area (Å²) >= 11 is 0. The molecule has 30 heavy (non-hydrogen) atoms. The zero-order chi connectivity index (χ0) is 21.1. The predicted molar refractivity (Wildman–Crippen MR) is 119 cm³/mol. The molecule has 146 valence electrons. The fourth-order valence-corrected chi connectivity index (χ4v) is 3.61. The lowest BCUT2D eigenvalue weighted by Gasteiger charge is -2.18. The van der Waals surface area contributed by atoms with Gasteiger partial charge in [0, 0.05) is 10.9 Å². The number of pyridine rings is 1. The summed E-state index contributed by atoms with van der Waals surface area (Å²) in [6, 6.07) is 26.1. The van der Waals surface area contributed by atoms with Gasteiger partial charge in [-0.25, -0.2) is 4.98 Å². The molecule has 5 heteroatoms. The number of fused-ring (bicyclic) bond motifs is 1. The average Bonchev–Trinajstić information content (AvgIpc) is 2.79. The Bertz CT molecular complexity index is 1280. The number of anilines is 1. The molecule has 4 aromatic rings. The topological polar surface area (TPSA) is 91.8 Å². The van der Waals surface area contributed by atoms with Crippen LogP contribution in [0.15, 0.2) is 78.9 Å². The van der Waals surface area contributed by atoms with Crippen molar-refractivity contribution >= 4 is 22.5 Å². The van der Waals surface area contributed by atoms with Crippen LogP contribution in [0.1, 0.15) is 34.5 Å². The fraction of sp³-hybridized carbons (Fsp3) is 0.0800. The van der Waals surface area contributed by atoms with E-state index in [1.54, 1.807) is 12.1 Å². The van der Waals surface area contributed by atoms with E-state index < -0.39 is 0 Å². The molecule has 3 N–H and O–H groups in total. The molecule has 0 saturated carbocycles. The maximum absolute atomic E-state index is 13.3. The van der Waals surface area contributed by atoms with Gasteiger partial charge in [-0.3, -0.25) is 4.79 Å². The third-order valence-electron chi connectivity index (χ3n) is 5.10. The second-order valence-electron chi connectivity index (χ2n) is 7.03. The van der Waals surface area contributed by atoms with E-state index in [9.17, 15) is 10.1 Å². The lowest BCUT2D eigenvalue weighted by Crippen LogP contribution is -2.28. The molecule has 1 aromatic heterocycles. The summed E-state index contributed by atoms with van der Waals surface area (Å²) in [6.45, 7) is 1.85. The number of carbonyl (C=O) groups is 1. The van der Waals surface area contributed by atoms with Crippen LogP contribution in [0.25, 0.3) is 22.2 Å². The minimum Gasteiger partial charge on any atom is -0.396 e. The van der Waals surface area contributed by atoms with Crippen LogP contribution in [0.5, 0.6) is 0 Å². The Balaban J connectivity index is 1.81. The first kappa shape index (κ1) is 19.2. The minimum atomic E-state index is -0.361. The zero-order valence-corrected chi connectivity index (χ0v) is 16.5. The number of nitrogens with zero attached hydrogens (tertiary/aromatic N) is 2. The third-order valence-corrected chi connectivity index (χ3v) is 5.10. The zero-order valence-electron chi connectivity index (χ0n) is 16.5. The minimum absolute atomic E-state index is 0.302. The van der Waals surface area contributed by atoms with E-state index in [0.717, 1.165) is 11.1 Å². The smallest absolute Gasteiger partial charge is 0.254 e. The van der Waals surface area contributed by atoms with Crippen LogP contribution in [-0.4, -0.2) is 10.9 Å². The number of nitrogens with two attached hydrogens (primary N) is 1. The van der Waals surface area contributed by atoms with Crippen LogP contribution >= 0.6 is 0 Å². The van der Waals surface area contributed by atoms with E-state index in [1.165, 1.54) is 0 Å². The quantitative estimate of drug-likeness (QED) is 0.519. The van der Waals surface area contributed by atoms with Crippen molar-refractivity contribution in [3.8, 4) is 17.3 Å². The molecular formula is C25H20N4O. The number of nitrogens with one attached hydrogen (secondary N) is 1. The molecule has 0 bridgehead atoms. The number of hydrogen-bond acceptors (Lipinski definition) is 4. The van der Waals surface area contributed by atoms with Gasteiger partial charge < -0.3 is 11.1 Å². The maximum atomic E-state index is 13.3. The van der Waals surface area contributed by atoms with Gasteiger partial charge in [0.05, 0.1) is 40.1 Å². The van der Waals surface area contributed by atoms with Crippen molar-refractivity contribution in [2.24, 2.45) is 0 Å². The van der Waals surface area contributed by atoms with E-state index in [0.29, 0.717) is 33.4 Å². The first-order valence-electron chi connectivity index (χ1n) is 9.63. The van der Waals surface area contributed by atoms with Crippen molar-refractivity contribution in [2.45, 2.75) is 13.0 Å². The average molecular weight is 392 g/mol. The van der Waals surface area contributed by atoms with Gasteiger partial charge in [0.1, 0.15) is 0 Å². The highest BCUT2D eigenvalue weighted by Gasteiger charge is 2.22. The summed E-state index contributed by atoms with van der Waals surface area (Å²) in [5, 5.41) is 13.1. The van der Waals surface area contributed by atoms with E-state index in [4.69, 9.17) is 10.7 Å². The van der Waals surface area contributed by atoms with E-state index in [1.807, 2.05) is 73.7 Å². The number of nitrogen functional groups attached to an aromatic ring is 1. The highest BCUT2D eigenvalue weighted by molar-refractivity contribution is 6.12. The highest BCUT2D eigenvalue weighted by Crippen LogP contribution is 2.32.